The van der Waals surface area contributed by atoms with Crippen LogP contribution in [0.25, 0.3) is 55.3 Å². The average Bonchev–Trinajstić information content (AvgIpc) is 3.51. The molecule has 2 nitrogen and oxygen atoms in total. The van der Waals surface area contributed by atoms with Crippen LogP contribution < -0.4 is 4.90 Å². The van der Waals surface area contributed by atoms with E-state index >= 15 is 0 Å². The normalized spacial score (nSPS) is 11.6. The number of anilines is 3. The van der Waals surface area contributed by atoms with Crippen molar-refractivity contribution in [3.63, 3.8) is 0 Å². The first-order valence-corrected chi connectivity index (χ1v) is 16.6. The van der Waals surface area contributed by atoms with E-state index in [-0.39, 0.29) is 5.41 Å². The predicted molar refractivity (Wildman–Crippen MR) is 203 cm³/mol. The molecule has 0 aliphatic carbocycles. The standard InChI is InChI=1S/C46H37NO/c1-46(2,3)42-30-36(33-17-9-5-10-18-33)29-41(35-19-11-6-12-20-35)45(42)47(37-25-23-34(24-26-37)32-15-7-4-8-16-32)38-27-28-40-39-21-13-14-22-43(39)48-44(40)31-38/h4-31H,1-3H3. The summed E-state index contributed by atoms with van der Waals surface area (Å²) in [5.41, 5.74) is 13.3. The molecular weight excluding hydrogens is 583 g/mol. The fourth-order valence-electron chi connectivity index (χ4n) is 6.78. The molecule has 0 aliphatic heterocycles. The Labute approximate surface area is 282 Å². The van der Waals surface area contributed by atoms with Crippen LogP contribution in [0.5, 0.6) is 0 Å². The Kier molecular flexibility index (Phi) is 7.42. The van der Waals surface area contributed by atoms with E-state index in [4.69, 9.17) is 4.42 Å². The molecule has 7 aromatic carbocycles. The van der Waals surface area contributed by atoms with Gasteiger partial charge in [-0.1, -0.05) is 142 Å². The number of hydrogen-bond acceptors (Lipinski definition) is 2. The molecule has 0 radical (unpaired) electrons. The first-order valence-electron chi connectivity index (χ1n) is 16.6. The van der Waals surface area contributed by atoms with E-state index in [2.05, 4.69) is 183 Å². The number of fused-ring (bicyclic) bond motifs is 3. The summed E-state index contributed by atoms with van der Waals surface area (Å²) < 4.78 is 6.45. The Hall–Kier alpha value is -5.86. The highest BCUT2D eigenvalue weighted by Crippen LogP contribution is 2.49. The summed E-state index contributed by atoms with van der Waals surface area (Å²) in [6, 6.07) is 60.7. The molecule has 2 heteroatoms. The van der Waals surface area contributed by atoms with Crippen molar-refractivity contribution in [2.75, 3.05) is 4.90 Å². The second-order valence-corrected chi connectivity index (χ2v) is 13.4. The number of rotatable bonds is 6. The van der Waals surface area contributed by atoms with Crippen LogP contribution in [0.1, 0.15) is 26.3 Å². The topological polar surface area (TPSA) is 16.4 Å². The lowest BCUT2D eigenvalue weighted by Gasteiger charge is -2.35. The van der Waals surface area contributed by atoms with Gasteiger partial charge in [0.05, 0.1) is 5.69 Å². The fraction of sp³-hybridized carbons (Fsp3) is 0.0870. The molecule has 0 saturated carbocycles. The molecule has 8 aromatic rings. The number of furan rings is 1. The van der Waals surface area contributed by atoms with Crippen molar-refractivity contribution in [3.8, 4) is 33.4 Å². The second-order valence-electron chi connectivity index (χ2n) is 13.4. The van der Waals surface area contributed by atoms with Gasteiger partial charge in [-0.25, -0.2) is 0 Å². The van der Waals surface area contributed by atoms with Gasteiger partial charge in [0, 0.05) is 33.8 Å². The summed E-state index contributed by atoms with van der Waals surface area (Å²) in [5, 5.41) is 2.25. The van der Waals surface area contributed by atoms with Crippen molar-refractivity contribution in [3.05, 3.63) is 175 Å². The largest absolute Gasteiger partial charge is 0.456 e. The van der Waals surface area contributed by atoms with Crippen LogP contribution in [0.4, 0.5) is 17.1 Å². The van der Waals surface area contributed by atoms with Crippen molar-refractivity contribution in [1.29, 1.82) is 0 Å². The molecule has 0 fully saturated rings. The summed E-state index contributed by atoms with van der Waals surface area (Å²) in [7, 11) is 0. The quantitative estimate of drug-likeness (QED) is 0.184. The van der Waals surface area contributed by atoms with Gasteiger partial charge in [-0.2, -0.15) is 0 Å². The Bertz CT molecular complexity index is 2350. The van der Waals surface area contributed by atoms with Crippen LogP contribution in [0.15, 0.2) is 174 Å². The highest BCUT2D eigenvalue weighted by atomic mass is 16.3. The number of benzene rings is 7. The summed E-state index contributed by atoms with van der Waals surface area (Å²) in [6.07, 6.45) is 0. The van der Waals surface area contributed by atoms with E-state index in [0.717, 1.165) is 39.0 Å². The van der Waals surface area contributed by atoms with E-state index in [1.54, 1.807) is 0 Å². The third-order valence-corrected chi connectivity index (χ3v) is 9.19. The summed E-state index contributed by atoms with van der Waals surface area (Å²) in [6.45, 7) is 6.94. The van der Waals surface area contributed by atoms with Gasteiger partial charge in [0.15, 0.2) is 0 Å². The molecule has 1 heterocycles. The van der Waals surface area contributed by atoms with Crippen molar-refractivity contribution in [2.24, 2.45) is 0 Å². The van der Waals surface area contributed by atoms with E-state index in [1.807, 2.05) is 12.1 Å². The molecular formula is C46H37NO. The van der Waals surface area contributed by atoms with Crippen molar-refractivity contribution in [2.45, 2.75) is 26.2 Å². The molecule has 232 valence electrons. The van der Waals surface area contributed by atoms with Crippen LogP contribution in [-0.2, 0) is 5.41 Å². The lowest BCUT2D eigenvalue weighted by atomic mass is 9.80. The number of hydrogen-bond donors (Lipinski definition) is 0. The van der Waals surface area contributed by atoms with Crippen LogP contribution in [-0.4, -0.2) is 0 Å². The third-order valence-electron chi connectivity index (χ3n) is 9.19. The molecule has 0 atom stereocenters. The highest BCUT2D eigenvalue weighted by Gasteiger charge is 2.28. The third kappa shape index (κ3) is 5.46. The molecule has 0 N–H and O–H groups in total. The van der Waals surface area contributed by atoms with Crippen LogP contribution in [0.3, 0.4) is 0 Å². The average molecular weight is 620 g/mol. The Morgan fingerprint density at radius 3 is 1.58 bits per heavy atom. The Morgan fingerprint density at radius 1 is 0.417 bits per heavy atom. The maximum atomic E-state index is 6.45. The smallest absolute Gasteiger partial charge is 0.137 e. The molecule has 8 rings (SSSR count). The van der Waals surface area contributed by atoms with Crippen LogP contribution >= 0.6 is 0 Å². The maximum absolute atomic E-state index is 6.45. The van der Waals surface area contributed by atoms with Gasteiger partial charge in [0.25, 0.3) is 0 Å². The number of nitrogens with zero attached hydrogens (tertiary/aromatic N) is 1. The lowest BCUT2D eigenvalue weighted by Crippen LogP contribution is -2.20. The van der Waals surface area contributed by atoms with Crippen LogP contribution in [0.2, 0.25) is 0 Å². The highest BCUT2D eigenvalue weighted by molar-refractivity contribution is 6.06. The SMILES string of the molecule is CC(C)(C)c1cc(-c2ccccc2)cc(-c2ccccc2)c1N(c1ccc(-c2ccccc2)cc1)c1ccc2c(c1)oc1ccccc12. The zero-order valence-corrected chi connectivity index (χ0v) is 27.5. The van der Waals surface area contributed by atoms with E-state index in [9.17, 15) is 0 Å². The number of para-hydroxylation sites is 1. The minimum absolute atomic E-state index is 0.171. The zero-order chi connectivity index (χ0) is 32.7. The molecule has 0 saturated heterocycles. The summed E-state index contributed by atoms with van der Waals surface area (Å²) >= 11 is 0. The maximum Gasteiger partial charge on any atom is 0.137 e. The lowest BCUT2D eigenvalue weighted by molar-refractivity contribution is 0.591. The summed E-state index contributed by atoms with van der Waals surface area (Å²) in [5.74, 6) is 0. The molecule has 0 bridgehead atoms. The first-order chi connectivity index (χ1) is 23.4. The van der Waals surface area contributed by atoms with E-state index < -0.39 is 0 Å². The van der Waals surface area contributed by atoms with Gasteiger partial charge in [-0.05, 0) is 81.3 Å². The molecule has 48 heavy (non-hydrogen) atoms. The molecule has 0 unspecified atom stereocenters. The minimum atomic E-state index is -0.171. The van der Waals surface area contributed by atoms with E-state index in [1.165, 1.54) is 38.9 Å². The summed E-state index contributed by atoms with van der Waals surface area (Å²) in [4.78, 5) is 2.43. The Balaban J connectivity index is 1.43. The predicted octanol–water partition coefficient (Wildman–Crippen LogP) is 13.4. The molecule has 0 amide bonds. The van der Waals surface area contributed by atoms with Gasteiger partial charge in [-0.3, -0.25) is 0 Å². The fourth-order valence-corrected chi connectivity index (χ4v) is 6.78. The zero-order valence-electron chi connectivity index (χ0n) is 27.5. The first kappa shape index (κ1) is 29.5. The van der Waals surface area contributed by atoms with Gasteiger partial charge in [0.1, 0.15) is 11.2 Å². The van der Waals surface area contributed by atoms with Crippen LogP contribution in [0, 0.1) is 0 Å². The molecule has 0 spiro atoms. The van der Waals surface area contributed by atoms with Gasteiger partial charge in [0.2, 0.25) is 0 Å². The van der Waals surface area contributed by atoms with Gasteiger partial charge >= 0.3 is 0 Å². The minimum Gasteiger partial charge on any atom is -0.456 e. The van der Waals surface area contributed by atoms with Gasteiger partial charge < -0.3 is 9.32 Å². The molecule has 1 aromatic heterocycles. The van der Waals surface area contributed by atoms with Gasteiger partial charge in [-0.15, -0.1) is 0 Å². The van der Waals surface area contributed by atoms with E-state index in [0.29, 0.717) is 0 Å². The van der Waals surface area contributed by atoms with Crippen molar-refractivity contribution < 1.29 is 4.42 Å². The monoisotopic (exact) mass is 619 g/mol. The molecule has 0 aliphatic rings. The van der Waals surface area contributed by atoms with Crippen molar-refractivity contribution in [1.82, 2.24) is 0 Å². The second kappa shape index (κ2) is 12.1. The van der Waals surface area contributed by atoms with Crippen molar-refractivity contribution >= 4 is 39.0 Å². The Morgan fingerprint density at radius 2 is 0.938 bits per heavy atom.